The molecule has 4 rings (SSSR count). The van der Waals surface area contributed by atoms with Crippen LogP contribution < -0.4 is 9.64 Å². The maximum Gasteiger partial charge on any atom is 0.271 e. The zero-order valence-corrected chi connectivity index (χ0v) is 16.1. The summed E-state index contributed by atoms with van der Waals surface area (Å²) in [6.45, 7) is 0. The minimum atomic E-state index is -0.0766. The minimum Gasteiger partial charge on any atom is -0.497 e. The zero-order valence-electron chi connectivity index (χ0n) is 15.3. The number of aliphatic imine (C=N–C) groups is 1. The third-order valence-corrected chi connectivity index (χ3v) is 5.18. The van der Waals surface area contributed by atoms with Gasteiger partial charge in [-0.25, -0.2) is 4.99 Å². The summed E-state index contributed by atoms with van der Waals surface area (Å²) < 4.78 is 5.20. The molecule has 1 heterocycles. The van der Waals surface area contributed by atoms with Crippen molar-refractivity contribution in [1.82, 2.24) is 0 Å². The highest BCUT2D eigenvalue weighted by molar-refractivity contribution is 8.19. The lowest BCUT2D eigenvalue weighted by molar-refractivity contribution is -0.113. The van der Waals surface area contributed by atoms with Gasteiger partial charge in [-0.2, -0.15) is 0 Å². The lowest BCUT2D eigenvalue weighted by Crippen LogP contribution is -2.28. The van der Waals surface area contributed by atoms with E-state index < -0.39 is 0 Å². The van der Waals surface area contributed by atoms with E-state index in [1.165, 1.54) is 11.8 Å². The molecule has 0 aliphatic carbocycles. The number of nitrogens with zero attached hydrogens (tertiary/aromatic N) is 2. The Bertz CT molecular complexity index is 1030. The van der Waals surface area contributed by atoms with E-state index in [4.69, 9.17) is 9.73 Å². The largest absolute Gasteiger partial charge is 0.497 e. The van der Waals surface area contributed by atoms with Gasteiger partial charge in [0.15, 0.2) is 5.17 Å². The second kappa shape index (κ2) is 8.15. The number of hydrogen-bond acceptors (Lipinski definition) is 4. The molecule has 0 radical (unpaired) electrons. The fraction of sp³-hybridized carbons (Fsp3) is 0.0435. The Kier molecular flexibility index (Phi) is 5.26. The number of amides is 1. The summed E-state index contributed by atoms with van der Waals surface area (Å²) in [4.78, 5) is 20.2. The van der Waals surface area contributed by atoms with Gasteiger partial charge >= 0.3 is 0 Å². The predicted molar refractivity (Wildman–Crippen MR) is 116 cm³/mol. The molecular weight excluding hydrogens is 368 g/mol. The van der Waals surface area contributed by atoms with Crippen molar-refractivity contribution in [1.29, 1.82) is 0 Å². The number of hydrogen-bond donors (Lipinski definition) is 0. The topological polar surface area (TPSA) is 41.9 Å². The summed E-state index contributed by atoms with van der Waals surface area (Å²) in [5.74, 6) is 0.691. The average molecular weight is 386 g/mol. The standard InChI is InChI=1S/C23H18N2O2S/c1-27-20-14-12-18(13-15-20)24-23-25(19-10-6-3-7-11-19)22(26)21(28-23)16-17-8-4-2-5-9-17/h2-16H,1H3/b21-16-,24-23-. The predicted octanol–water partition coefficient (Wildman–Crippen LogP) is 5.50. The molecule has 3 aromatic carbocycles. The highest BCUT2D eigenvalue weighted by atomic mass is 32.2. The Morgan fingerprint density at radius 3 is 2.18 bits per heavy atom. The number of amidine groups is 1. The summed E-state index contributed by atoms with van der Waals surface area (Å²) in [7, 11) is 1.63. The molecular formula is C23H18N2O2S. The van der Waals surface area contributed by atoms with Gasteiger partial charge in [-0.3, -0.25) is 9.69 Å². The molecule has 0 unspecified atom stereocenters. The Morgan fingerprint density at radius 2 is 1.54 bits per heavy atom. The van der Waals surface area contributed by atoms with Crippen molar-refractivity contribution in [3.05, 3.63) is 95.4 Å². The first-order valence-electron chi connectivity index (χ1n) is 8.81. The Balaban J connectivity index is 1.74. The van der Waals surface area contributed by atoms with E-state index in [-0.39, 0.29) is 5.91 Å². The van der Waals surface area contributed by atoms with E-state index in [1.807, 2.05) is 91.0 Å². The maximum atomic E-state index is 13.1. The van der Waals surface area contributed by atoms with Crippen LogP contribution in [0.5, 0.6) is 5.75 Å². The lowest BCUT2D eigenvalue weighted by Gasteiger charge is -2.15. The molecule has 1 fully saturated rings. The van der Waals surface area contributed by atoms with Gasteiger partial charge in [-0.1, -0.05) is 48.5 Å². The number of ether oxygens (including phenoxy) is 1. The van der Waals surface area contributed by atoms with Crippen molar-refractivity contribution in [3.8, 4) is 5.75 Å². The normalized spacial score (nSPS) is 16.8. The molecule has 1 aliphatic heterocycles. The summed E-state index contributed by atoms with van der Waals surface area (Å²) in [5, 5.41) is 0.628. The number of carbonyl (C=O) groups is 1. The van der Waals surface area contributed by atoms with Crippen molar-refractivity contribution in [2.45, 2.75) is 0 Å². The van der Waals surface area contributed by atoms with Crippen LogP contribution in [0.15, 0.2) is 94.8 Å². The molecule has 0 spiro atoms. The highest BCUT2D eigenvalue weighted by Gasteiger charge is 2.34. The first kappa shape index (κ1) is 18.1. The molecule has 1 aliphatic rings. The van der Waals surface area contributed by atoms with Gasteiger partial charge < -0.3 is 4.74 Å². The van der Waals surface area contributed by atoms with Crippen molar-refractivity contribution in [2.75, 3.05) is 12.0 Å². The lowest BCUT2D eigenvalue weighted by atomic mass is 10.2. The van der Waals surface area contributed by atoms with E-state index in [0.29, 0.717) is 10.1 Å². The van der Waals surface area contributed by atoms with Crippen molar-refractivity contribution in [2.24, 2.45) is 4.99 Å². The van der Waals surface area contributed by atoms with Gasteiger partial charge in [0.1, 0.15) is 5.75 Å². The third kappa shape index (κ3) is 3.85. The van der Waals surface area contributed by atoms with Crippen LogP contribution in [0.1, 0.15) is 5.56 Å². The quantitative estimate of drug-likeness (QED) is 0.556. The number of para-hydroxylation sites is 1. The zero-order chi connectivity index (χ0) is 19.3. The van der Waals surface area contributed by atoms with Crippen LogP contribution in [-0.4, -0.2) is 18.2 Å². The second-order valence-corrected chi connectivity index (χ2v) is 7.10. The van der Waals surface area contributed by atoms with Crippen LogP contribution in [0.4, 0.5) is 11.4 Å². The van der Waals surface area contributed by atoms with Crippen molar-refractivity contribution >= 4 is 40.3 Å². The van der Waals surface area contributed by atoms with E-state index >= 15 is 0 Å². The molecule has 138 valence electrons. The van der Waals surface area contributed by atoms with E-state index in [0.717, 1.165) is 22.7 Å². The molecule has 0 aromatic heterocycles. The monoisotopic (exact) mass is 386 g/mol. The molecule has 1 saturated heterocycles. The Morgan fingerprint density at radius 1 is 0.893 bits per heavy atom. The van der Waals surface area contributed by atoms with E-state index in [9.17, 15) is 4.79 Å². The molecule has 28 heavy (non-hydrogen) atoms. The number of benzene rings is 3. The second-order valence-electron chi connectivity index (χ2n) is 6.09. The number of methoxy groups -OCH3 is 1. The van der Waals surface area contributed by atoms with Crippen LogP contribution in [0, 0.1) is 0 Å². The van der Waals surface area contributed by atoms with Crippen LogP contribution in [-0.2, 0) is 4.79 Å². The van der Waals surface area contributed by atoms with Crippen LogP contribution in [0.2, 0.25) is 0 Å². The number of rotatable bonds is 4. The van der Waals surface area contributed by atoms with Crippen molar-refractivity contribution in [3.63, 3.8) is 0 Å². The first-order chi connectivity index (χ1) is 13.7. The average Bonchev–Trinajstić information content (AvgIpc) is 3.04. The number of carbonyl (C=O) groups excluding carboxylic acids is 1. The summed E-state index contributed by atoms with van der Waals surface area (Å²) in [6, 6.07) is 26.9. The van der Waals surface area contributed by atoms with Gasteiger partial charge in [0.2, 0.25) is 0 Å². The highest BCUT2D eigenvalue weighted by Crippen LogP contribution is 2.37. The van der Waals surface area contributed by atoms with Gasteiger partial charge in [0.25, 0.3) is 5.91 Å². The van der Waals surface area contributed by atoms with Crippen LogP contribution in [0.25, 0.3) is 6.08 Å². The summed E-state index contributed by atoms with van der Waals surface area (Å²) >= 11 is 1.38. The molecule has 0 N–H and O–H groups in total. The molecule has 0 saturated carbocycles. The summed E-state index contributed by atoms with van der Waals surface area (Å²) in [5.41, 5.74) is 2.54. The van der Waals surface area contributed by atoms with Crippen LogP contribution >= 0.6 is 11.8 Å². The van der Waals surface area contributed by atoms with E-state index in [2.05, 4.69) is 0 Å². The van der Waals surface area contributed by atoms with Crippen molar-refractivity contribution < 1.29 is 9.53 Å². The minimum absolute atomic E-state index is 0.0766. The van der Waals surface area contributed by atoms with Gasteiger partial charge in [-0.05, 0) is 59.8 Å². The molecule has 4 nitrogen and oxygen atoms in total. The Hall–Kier alpha value is -3.31. The van der Waals surface area contributed by atoms with E-state index in [1.54, 1.807) is 12.0 Å². The molecule has 1 amide bonds. The Labute approximate surface area is 168 Å². The molecule has 0 bridgehead atoms. The first-order valence-corrected chi connectivity index (χ1v) is 9.63. The number of anilines is 1. The summed E-state index contributed by atoms with van der Waals surface area (Å²) in [6.07, 6.45) is 1.90. The molecule has 3 aromatic rings. The number of thioether (sulfide) groups is 1. The van der Waals surface area contributed by atoms with Gasteiger partial charge in [-0.15, -0.1) is 0 Å². The molecule has 5 heteroatoms. The SMILES string of the molecule is COc1ccc(/N=C2\S/C(=C\c3ccccc3)C(=O)N2c2ccccc2)cc1. The fourth-order valence-corrected chi connectivity index (χ4v) is 3.82. The van der Waals surface area contributed by atoms with Gasteiger partial charge in [0.05, 0.1) is 23.4 Å². The molecule has 0 atom stereocenters. The fourth-order valence-electron chi connectivity index (χ4n) is 2.82. The smallest absolute Gasteiger partial charge is 0.271 e. The third-order valence-electron chi connectivity index (χ3n) is 4.22. The van der Waals surface area contributed by atoms with Gasteiger partial charge in [0, 0.05) is 0 Å². The van der Waals surface area contributed by atoms with Crippen LogP contribution in [0.3, 0.4) is 0 Å². The maximum absolute atomic E-state index is 13.1.